The van der Waals surface area contributed by atoms with E-state index in [2.05, 4.69) is 9.97 Å². The van der Waals surface area contributed by atoms with Gasteiger partial charge in [0.1, 0.15) is 5.15 Å². The minimum Gasteiger partial charge on any atom is -0.227 e. The molecule has 0 spiro atoms. The number of halogens is 3. The highest BCUT2D eigenvalue weighted by molar-refractivity contribution is 6.34. The van der Waals surface area contributed by atoms with E-state index in [-0.39, 0.29) is 16.4 Å². The van der Waals surface area contributed by atoms with Crippen LogP contribution in [0.5, 0.6) is 0 Å². The number of hydrogen-bond donors (Lipinski definition) is 0. The van der Waals surface area contributed by atoms with Crippen LogP contribution in [0, 0.1) is 5.82 Å². The number of aromatic nitrogens is 2. The second-order valence-electron chi connectivity index (χ2n) is 4.61. The molecule has 0 radical (unpaired) electrons. The first kappa shape index (κ1) is 14.2. The molecular weight excluding hydrogens is 310 g/mol. The Bertz CT molecular complexity index is 834. The van der Waals surface area contributed by atoms with Crippen LogP contribution in [-0.4, -0.2) is 9.97 Å². The van der Waals surface area contributed by atoms with Gasteiger partial charge in [0, 0.05) is 5.39 Å². The number of benzene rings is 2. The molecule has 0 N–H and O–H groups in total. The van der Waals surface area contributed by atoms with E-state index in [4.69, 9.17) is 23.2 Å². The molecule has 3 aromatic rings. The molecule has 0 atom stereocenters. The summed E-state index contributed by atoms with van der Waals surface area (Å²) in [6, 6.07) is 10.5. The van der Waals surface area contributed by atoms with Crippen LogP contribution in [0.2, 0.25) is 10.2 Å². The first-order valence-corrected chi connectivity index (χ1v) is 7.27. The van der Waals surface area contributed by atoms with Crippen molar-refractivity contribution in [2.45, 2.75) is 13.3 Å². The summed E-state index contributed by atoms with van der Waals surface area (Å²) in [6.45, 7) is 2.03. The van der Waals surface area contributed by atoms with Crippen molar-refractivity contribution in [2.24, 2.45) is 0 Å². The predicted molar refractivity (Wildman–Crippen MR) is 84.3 cm³/mol. The summed E-state index contributed by atoms with van der Waals surface area (Å²) < 4.78 is 14.1. The summed E-state index contributed by atoms with van der Waals surface area (Å²) >= 11 is 12.0. The van der Waals surface area contributed by atoms with Gasteiger partial charge in [-0.1, -0.05) is 48.3 Å². The van der Waals surface area contributed by atoms with Gasteiger partial charge < -0.3 is 0 Å². The largest absolute Gasteiger partial charge is 0.227 e. The quantitative estimate of drug-likeness (QED) is 0.598. The Morgan fingerprint density at radius 1 is 1.05 bits per heavy atom. The zero-order valence-corrected chi connectivity index (χ0v) is 12.7. The smallest absolute Gasteiger partial charge is 0.164 e. The summed E-state index contributed by atoms with van der Waals surface area (Å²) in [5.41, 5.74) is 2.03. The van der Waals surface area contributed by atoms with Crippen LogP contribution < -0.4 is 0 Å². The van der Waals surface area contributed by atoms with Gasteiger partial charge >= 0.3 is 0 Å². The molecule has 0 aliphatic heterocycles. The molecule has 21 heavy (non-hydrogen) atoms. The second kappa shape index (κ2) is 5.58. The Labute approximate surface area is 131 Å². The van der Waals surface area contributed by atoms with Crippen molar-refractivity contribution in [2.75, 3.05) is 0 Å². The van der Waals surface area contributed by atoms with Crippen molar-refractivity contribution in [3.63, 3.8) is 0 Å². The number of nitrogens with zero attached hydrogens (tertiary/aromatic N) is 2. The van der Waals surface area contributed by atoms with Crippen LogP contribution in [0.1, 0.15) is 12.5 Å². The van der Waals surface area contributed by atoms with Crippen molar-refractivity contribution in [3.05, 3.63) is 58.0 Å². The molecule has 0 bridgehead atoms. The molecule has 0 amide bonds. The van der Waals surface area contributed by atoms with Crippen LogP contribution >= 0.6 is 23.2 Å². The normalized spacial score (nSPS) is 11.0. The maximum Gasteiger partial charge on any atom is 0.164 e. The first-order chi connectivity index (χ1) is 10.1. The topological polar surface area (TPSA) is 25.8 Å². The summed E-state index contributed by atoms with van der Waals surface area (Å²) in [4.78, 5) is 8.69. The molecule has 0 saturated carbocycles. The highest BCUT2D eigenvalue weighted by Gasteiger charge is 2.14. The standard InChI is InChI=1S/C16H11Cl2FN2/c1-2-9-5-3-7-11-14(9)20-16(21-15(11)18)10-6-4-8-12(17)13(10)19/h3-8H,2H2,1H3. The summed E-state index contributed by atoms with van der Waals surface area (Å²) in [5.74, 6) is -0.294. The SMILES string of the molecule is CCc1cccc2c(Cl)nc(-c3cccc(Cl)c3F)nc12. The first-order valence-electron chi connectivity index (χ1n) is 6.51. The highest BCUT2D eigenvalue weighted by Crippen LogP contribution is 2.30. The third-order valence-corrected chi connectivity index (χ3v) is 3.92. The Morgan fingerprint density at radius 3 is 2.57 bits per heavy atom. The van der Waals surface area contributed by atoms with Gasteiger partial charge in [-0.15, -0.1) is 0 Å². The Hall–Kier alpha value is -1.71. The van der Waals surface area contributed by atoms with Gasteiger partial charge in [-0.25, -0.2) is 14.4 Å². The Morgan fingerprint density at radius 2 is 1.81 bits per heavy atom. The van der Waals surface area contributed by atoms with E-state index in [1.54, 1.807) is 12.1 Å². The van der Waals surface area contributed by atoms with E-state index in [1.807, 2.05) is 25.1 Å². The minimum atomic E-state index is -0.538. The van der Waals surface area contributed by atoms with Crippen LogP contribution in [-0.2, 0) is 6.42 Å². The lowest BCUT2D eigenvalue weighted by Gasteiger charge is -2.09. The van der Waals surface area contributed by atoms with Crippen LogP contribution in [0.15, 0.2) is 36.4 Å². The lowest BCUT2D eigenvalue weighted by Crippen LogP contribution is -1.97. The van der Waals surface area contributed by atoms with Crippen molar-refractivity contribution in [3.8, 4) is 11.4 Å². The molecule has 0 fully saturated rings. The van der Waals surface area contributed by atoms with Crippen LogP contribution in [0.3, 0.4) is 0 Å². The zero-order valence-electron chi connectivity index (χ0n) is 11.2. The fourth-order valence-corrected chi connectivity index (χ4v) is 2.66. The molecule has 1 heterocycles. The van der Waals surface area contributed by atoms with Crippen LogP contribution in [0.4, 0.5) is 4.39 Å². The number of rotatable bonds is 2. The molecule has 2 nitrogen and oxygen atoms in total. The van der Waals surface area contributed by atoms with E-state index in [0.717, 1.165) is 22.9 Å². The maximum atomic E-state index is 14.1. The second-order valence-corrected chi connectivity index (χ2v) is 5.37. The predicted octanol–water partition coefficient (Wildman–Crippen LogP) is 5.31. The average molecular weight is 321 g/mol. The third kappa shape index (κ3) is 2.47. The van der Waals surface area contributed by atoms with Crippen molar-refractivity contribution in [1.29, 1.82) is 0 Å². The number of aryl methyl sites for hydroxylation is 1. The number of para-hydroxylation sites is 1. The minimum absolute atomic E-state index is 0.0381. The summed E-state index contributed by atoms with van der Waals surface area (Å²) in [6.07, 6.45) is 0.808. The number of fused-ring (bicyclic) bond motifs is 1. The van der Waals surface area contributed by atoms with Crippen molar-refractivity contribution >= 4 is 34.1 Å². The van der Waals surface area contributed by atoms with Gasteiger partial charge in [-0.3, -0.25) is 0 Å². The van der Waals surface area contributed by atoms with Gasteiger partial charge in [0.15, 0.2) is 11.6 Å². The van der Waals surface area contributed by atoms with Crippen molar-refractivity contribution < 1.29 is 4.39 Å². The lowest BCUT2D eigenvalue weighted by atomic mass is 10.1. The molecule has 0 saturated heterocycles. The lowest BCUT2D eigenvalue weighted by molar-refractivity contribution is 0.630. The van der Waals surface area contributed by atoms with E-state index in [0.29, 0.717) is 5.15 Å². The van der Waals surface area contributed by atoms with Crippen molar-refractivity contribution in [1.82, 2.24) is 9.97 Å². The molecule has 2 aromatic carbocycles. The summed E-state index contributed by atoms with van der Waals surface area (Å²) in [7, 11) is 0. The van der Waals surface area contributed by atoms with Gasteiger partial charge in [0.25, 0.3) is 0 Å². The fraction of sp³-hybridized carbons (Fsp3) is 0.125. The van der Waals surface area contributed by atoms with E-state index >= 15 is 0 Å². The molecule has 1 aromatic heterocycles. The fourth-order valence-electron chi connectivity index (χ4n) is 2.26. The van der Waals surface area contributed by atoms with Gasteiger partial charge in [-0.2, -0.15) is 0 Å². The third-order valence-electron chi connectivity index (χ3n) is 3.34. The van der Waals surface area contributed by atoms with Gasteiger partial charge in [0.2, 0.25) is 0 Å². The molecule has 0 unspecified atom stereocenters. The van der Waals surface area contributed by atoms with E-state index in [9.17, 15) is 4.39 Å². The summed E-state index contributed by atoms with van der Waals surface area (Å²) in [5, 5.41) is 1.11. The molecule has 3 rings (SSSR count). The molecular formula is C16H11Cl2FN2. The van der Waals surface area contributed by atoms with E-state index in [1.165, 1.54) is 6.07 Å². The van der Waals surface area contributed by atoms with E-state index < -0.39 is 5.82 Å². The molecule has 0 aliphatic carbocycles. The average Bonchev–Trinajstić information content (AvgIpc) is 2.49. The van der Waals surface area contributed by atoms with Crippen LogP contribution in [0.25, 0.3) is 22.3 Å². The molecule has 5 heteroatoms. The Balaban J connectivity index is 2.32. The Kier molecular flexibility index (Phi) is 3.79. The zero-order chi connectivity index (χ0) is 15.0. The molecule has 0 aliphatic rings. The van der Waals surface area contributed by atoms with Gasteiger partial charge in [0.05, 0.1) is 16.1 Å². The maximum absolute atomic E-state index is 14.1. The van der Waals surface area contributed by atoms with Gasteiger partial charge in [-0.05, 0) is 30.2 Å². The highest BCUT2D eigenvalue weighted by atomic mass is 35.5. The number of hydrogen-bond acceptors (Lipinski definition) is 2. The molecule has 106 valence electrons. The monoisotopic (exact) mass is 320 g/mol.